The summed E-state index contributed by atoms with van der Waals surface area (Å²) in [6, 6.07) is 44.1. The summed E-state index contributed by atoms with van der Waals surface area (Å²) in [5, 5.41) is 2.62. The first-order valence-electron chi connectivity index (χ1n) is 12.5. The number of rotatable bonds is 3. The zero-order valence-corrected chi connectivity index (χ0v) is 20.8. The lowest BCUT2D eigenvalue weighted by atomic mass is 9.82. The first kappa shape index (κ1) is 25.5. The predicted octanol–water partition coefficient (Wildman–Crippen LogP) is 8.48. The van der Waals surface area contributed by atoms with E-state index in [0.717, 1.165) is 0 Å². The van der Waals surface area contributed by atoms with Gasteiger partial charge in [-0.25, -0.2) is 4.90 Å². The molecule has 0 aromatic heterocycles. The van der Waals surface area contributed by atoms with E-state index in [1.807, 2.05) is 0 Å². The number of allylic oxidation sites excluding steroid dienone is 1. The molecule has 38 heavy (non-hydrogen) atoms. The summed E-state index contributed by atoms with van der Waals surface area (Å²) in [4.78, 5) is 1.31. The van der Waals surface area contributed by atoms with Crippen LogP contribution in [0.4, 0.5) is 28.6 Å². The van der Waals surface area contributed by atoms with Crippen molar-refractivity contribution in [3.05, 3.63) is 150 Å². The molecule has 5 aromatic carbocycles. The van der Waals surface area contributed by atoms with Crippen LogP contribution in [0.15, 0.2) is 127 Å². The Labute approximate surface area is 219 Å². The molecule has 1 aliphatic heterocycles. The highest BCUT2D eigenvalue weighted by molar-refractivity contribution is 6.50. The lowest BCUT2D eigenvalue weighted by molar-refractivity contribution is -0.674. The monoisotopic (exact) mass is 511 g/mol. The molecule has 0 amide bonds. The van der Waals surface area contributed by atoms with Crippen LogP contribution < -0.4 is 4.90 Å². The van der Waals surface area contributed by atoms with Gasteiger partial charge in [-0.05, 0) is 47.5 Å². The molecule has 0 aliphatic carbocycles. The molecule has 0 fully saturated rings. The maximum absolute atomic E-state index is 9.75. The number of halogens is 4. The zero-order valence-electron chi connectivity index (χ0n) is 20.8. The van der Waals surface area contributed by atoms with Gasteiger partial charge in [-0.3, -0.25) is 0 Å². The molecule has 1 N–H and O–H groups in total. The van der Waals surface area contributed by atoms with Gasteiger partial charge < -0.3 is 17.3 Å². The Morgan fingerprint density at radius 2 is 1.21 bits per heavy atom. The quantitative estimate of drug-likeness (QED) is 0.183. The van der Waals surface area contributed by atoms with Crippen molar-refractivity contribution in [2.24, 2.45) is 0 Å². The van der Waals surface area contributed by atoms with Crippen molar-refractivity contribution < 1.29 is 22.2 Å². The van der Waals surface area contributed by atoms with Crippen LogP contribution in [-0.2, 0) is 0 Å². The Balaban J connectivity index is 0.000000540. The first-order chi connectivity index (χ1) is 18.3. The molecule has 2 unspecified atom stereocenters. The van der Waals surface area contributed by atoms with Crippen molar-refractivity contribution >= 4 is 35.1 Å². The molecule has 6 rings (SSSR count). The molecule has 0 saturated heterocycles. The fourth-order valence-electron chi connectivity index (χ4n) is 5.14. The highest BCUT2D eigenvalue weighted by Crippen LogP contribution is 2.41. The van der Waals surface area contributed by atoms with Crippen LogP contribution in [0.3, 0.4) is 0 Å². The van der Waals surface area contributed by atoms with E-state index in [-0.39, 0.29) is 5.92 Å². The van der Waals surface area contributed by atoms with Crippen molar-refractivity contribution in [2.75, 3.05) is 0 Å². The molecular formula is C32H26BF4N. The summed E-state index contributed by atoms with van der Waals surface area (Å²) in [6.07, 6.45) is 2.48. The Kier molecular flexibility index (Phi) is 7.16. The Morgan fingerprint density at radius 1 is 0.632 bits per heavy atom. The molecule has 0 radical (unpaired) electrons. The second kappa shape index (κ2) is 10.7. The van der Waals surface area contributed by atoms with E-state index in [4.69, 9.17) is 0 Å². The minimum absolute atomic E-state index is 0.191. The second-order valence-electron chi connectivity index (χ2n) is 9.32. The average Bonchev–Trinajstić information content (AvgIpc) is 2.92. The van der Waals surface area contributed by atoms with Gasteiger partial charge in [0.25, 0.3) is 0 Å². The molecule has 6 heteroatoms. The largest absolute Gasteiger partial charge is 0.673 e. The smallest absolute Gasteiger partial charge is 0.418 e. The summed E-state index contributed by atoms with van der Waals surface area (Å²) >= 11 is 0. The standard InChI is InChI=1S/C32H25N.BF4/c1-23-16-19-27(20-17-23)33-30-21-18-25-12-8-9-15-28(25)32(30)29(24-10-4-2-5-11-24)22-31(33)26-13-6-3-7-14-26;2-1(3,4)5/h2-22,29H,1H3;/q;-1/p+1. The summed E-state index contributed by atoms with van der Waals surface area (Å²) in [5.74, 6) is 0.191. The highest BCUT2D eigenvalue weighted by atomic mass is 19.5. The first-order valence-corrected chi connectivity index (χ1v) is 12.5. The SMILES string of the molecule is Cc1ccc([NH+]2C(c3ccccc3)=CC(c3ccccc3)c3c2ccc2ccccc32)cc1.F[B-](F)(F)F. The third kappa shape index (κ3) is 5.56. The Bertz CT molecular complexity index is 1560. The third-order valence-corrected chi connectivity index (χ3v) is 6.74. The predicted molar refractivity (Wildman–Crippen MR) is 148 cm³/mol. The van der Waals surface area contributed by atoms with E-state index >= 15 is 0 Å². The summed E-state index contributed by atoms with van der Waals surface area (Å²) in [6.45, 7) is 2.15. The van der Waals surface area contributed by atoms with Crippen LogP contribution in [-0.4, -0.2) is 7.25 Å². The van der Waals surface area contributed by atoms with Crippen molar-refractivity contribution in [2.45, 2.75) is 12.8 Å². The molecule has 0 bridgehead atoms. The van der Waals surface area contributed by atoms with Gasteiger partial charge in [-0.1, -0.05) is 90.5 Å². The van der Waals surface area contributed by atoms with Crippen molar-refractivity contribution in [3.8, 4) is 0 Å². The van der Waals surface area contributed by atoms with E-state index in [1.54, 1.807) is 0 Å². The van der Waals surface area contributed by atoms with E-state index in [9.17, 15) is 17.3 Å². The van der Waals surface area contributed by atoms with Gasteiger partial charge in [0.1, 0.15) is 17.1 Å². The second-order valence-corrected chi connectivity index (χ2v) is 9.32. The summed E-state index contributed by atoms with van der Waals surface area (Å²) in [5.41, 5.74) is 9.15. The molecule has 190 valence electrons. The molecule has 0 saturated carbocycles. The van der Waals surface area contributed by atoms with E-state index in [2.05, 4.69) is 134 Å². The molecular weight excluding hydrogens is 485 g/mol. The van der Waals surface area contributed by atoms with Crippen LogP contribution in [0, 0.1) is 6.92 Å². The summed E-state index contributed by atoms with van der Waals surface area (Å²) in [7, 11) is -6.00. The van der Waals surface area contributed by atoms with E-state index in [0.29, 0.717) is 0 Å². The van der Waals surface area contributed by atoms with Crippen LogP contribution in [0.2, 0.25) is 0 Å². The minimum atomic E-state index is -6.00. The van der Waals surface area contributed by atoms with Gasteiger partial charge >= 0.3 is 7.25 Å². The average molecular weight is 511 g/mol. The number of nitrogens with one attached hydrogen (secondary N) is 1. The van der Waals surface area contributed by atoms with Crippen LogP contribution >= 0.6 is 0 Å². The number of hydrogen-bond acceptors (Lipinski definition) is 0. The number of fused-ring (bicyclic) bond motifs is 3. The van der Waals surface area contributed by atoms with Gasteiger partial charge in [0.05, 0.1) is 0 Å². The van der Waals surface area contributed by atoms with Gasteiger partial charge in [-0.2, -0.15) is 0 Å². The minimum Gasteiger partial charge on any atom is -0.418 e. The molecule has 1 aliphatic rings. The third-order valence-electron chi connectivity index (χ3n) is 6.74. The lowest BCUT2D eigenvalue weighted by Gasteiger charge is -2.32. The van der Waals surface area contributed by atoms with Crippen molar-refractivity contribution in [1.29, 1.82) is 0 Å². The fourth-order valence-corrected chi connectivity index (χ4v) is 5.14. The molecule has 1 heterocycles. The zero-order chi connectivity index (χ0) is 26.7. The van der Waals surface area contributed by atoms with Gasteiger partial charge in [0, 0.05) is 35.2 Å². The maximum Gasteiger partial charge on any atom is 0.673 e. The van der Waals surface area contributed by atoms with Crippen LogP contribution in [0.1, 0.15) is 28.2 Å². The normalized spacial score (nSPS) is 16.7. The van der Waals surface area contributed by atoms with Gasteiger partial charge in [0.2, 0.25) is 0 Å². The highest BCUT2D eigenvalue weighted by Gasteiger charge is 2.35. The van der Waals surface area contributed by atoms with Crippen molar-refractivity contribution in [3.63, 3.8) is 0 Å². The van der Waals surface area contributed by atoms with Gasteiger partial charge in [0.15, 0.2) is 0 Å². The molecule has 2 atom stereocenters. The van der Waals surface area contributed by atoms with Gasteiger partial charge in [-0.15, -0.1) is 0 Å². The fraction of sp³-hybridized carbons (Fsp3) is 0.0625. The Morgan fingerprint density at radius 3 is 1.87 bits per heavy atom. The molecule has 0 spiro atoms. The van der Waals surface area contributed by atoms with Crippen LogP contribution in [0.25, 0.3) is 16.5 Å². The maximum atomic E-state index is 9.75. The van der Waals surface area contributed by atoms with E-state index < -0.39 is 7.25 Å². The summed E-state index contributed by atoms with van der Waals surface area (Å²) < 4.78 is 39.0. The number of quaternary nitrogens is 1. The van der Waals surface area contributed by atoms with Crippen LogP contribution in [0.5, 0.6) is 0 Å². The topological polar surface area (TPSA) is 4.44 Å². The van der Waals surface area contributed by atoms with Crippen molar-refractivity contribution in [1.82, 2.24) is 0 Å². The lowest BCUT2D eigenvalue weighted by Crippen LogP contribution is -3.00. The molecule has 1 nitrogen and oxygen atoms in total. The Hall–Kier alpha value is -4.16. The number of aryl methyl sites for hydroxylation is 1. The molecule has 5 aromatic rings. The number of hydrogen-bond donors (Lipinski definition) is 1. The van der Waals surface area contributed by atoms with E-state index in [1.165, 1.54) is 55.0 Å². The number of benzene rings is 5.